The Morgan fingerprint density at radius 1 is 1.47 bits per heavy atom. The first-order chi connectivity index (χ1) is 7.31. The van der Waals surface area contributed by atoms with Gasteiger partial charge in [0.1, 0.15) is 0 Å². The van der Waals surface area contributed by atoms with Crippen LogP contribution in [0.5, 0.6) is 0 Å². The number of halogens is 1. The maximum Gasteiger partial charge on any atom is 0.0948 e. The van der Waals surface area contributed by atoms with Crippen molar-refractivity contribution in [2.75, 3.05) is 0 Å². The highest BCUT2D eigenvalue weighted by Crippen LogP contribution is 2.16. The summed E-state index contributed by atoms with van der Waals surface area (Å²) in [6.45, 7) is 5.57. The molecule has 0 amide bonds. The Balaban J connectivity index is 2.50. The molecule has 86 valence electrons. The molecule has 0 aliphatic heterocycles. The molecule has 2 nitrogen and oxygen atoms in total. The van der Waals surface area contributed by atoms with Gasteiger partial charge < -0.3 is 4.57 Å². The van der Waals surface area contributed by atoms with Crippen LogP contribution in [-0.4, -0.2) is 9.55 Å². The van der Waals surface area contributed by atoms with Gasteiger partial charge in [0.2, 0.25) is 0 Å². The van der Waals surface area contributed by atoms with Gasteiger partial charge in [0.05, 0.1) is 17.9 Å². The molecule has 1 unspecified atom stereocenters. The zero-order valence-electron chi connectivity index (χ0n) is 9.75. The van der Waals surface area contributed by atoms with Gasteiger partial charge in [-0.1, -0.05) is 33.1 Å². The van der Waals surface area contributed by atoms with Crippen LogP contribution in [0.25, 0.3) is 0 Å². The molecule has 0 fully saturated rings. The zero-order chi connectivity index (χ0) is 11.1. The highest BCUT2D eigenvalue weighted by molar-refractivity contribution is 6.16. The first-order valence-corrected chi connectivity index (χ1v) is 6.40. The van der Waals surface area contributed by atoms with Crippen molar-refractivity contribution < 1.29 is 0 Å². The van der Waals surface area contributed by atoms with Crippen molar-refractivity contribution in [2.24, 2.45) is 5.92 Å². The fourth-order valence-corrected chi connectivity index (χ4v) is 2.04. The minimum Gasteiger partial charge on any atom is -0.333 e. The molecule has 0 radical (unpaired) electrons. The number of nitrogens with zero attached hydrogens (tertiary/aromatic N) is 2. The van der Waals surface area contributed by atoms with E-state index in [1.54, 1.807) is 0 Å². The van der Waals surface area contributed by atoms with Crippen molar-refractivity contribution in [1.82, 2.24) is 9.55 Å². The van der Waals surface area contributed by atoms with Crippen LogP contribution < -0.4 is 0 Å². The van der Waals surface area contributed by atoms with Crippen LogP contribution in [0.1, 0.15) is 45.2 Å². The molecule has 1 aromatic rings. The van der Waals surface area contributed by atoms with E-state index in [1.165, 1.54) is 25.7 Å². The molecule has 1 atom stereocenters. The van der Waals surface area contributed by atoms with Crippen LogP contribution in [0.2, 0.25) is 0 Å². The molecular weight excluding hydrogens is 208 g/mol. The van der Waals surface area contributed by atoms with Crippen molar-refractivity contribution in [3.8, 4) is 0 Å². The van der Waals surface area contributed by atoms with E-state index >= 15 is 0 Å². The lowest BCUT2D eigenvalue weighted by molar-refractivity contribution is 0.387. The lowest BCUT2D eigenvalue weighted by Crippen LogP contribution is -2.11. The topological polar surface area (TPSA) is 17.8 Å². The van der Waals surface area contributed by atoms with E-state index < -0.39 is 0 Å². The molecule has 0 spiro atoms. The number of unbranched alkanes of at least 4 members (excludes halogenated alkanes) is 1. The Morgan fingerprint density at radius 2 is 2.27 bits per heavy atom. The molecule has 0 saturated heterocycles. The lowest BCUT2D eigenvalue weighted by Gasteiger charge is -2.16. The summed E-state index contributed by atoms with van der Waals surface area (Å²) in [5.74, 6) is 1.32. The average molecular weight is 229 g/mol. The summed E-state index contributed by atoms with van der Waals surface area (Å²) in [7, 11) is 0. The highest BCUT2D eigenvalue weighted by atomic mass is 35.5. The Hall–Kier alpha value is -0.500. The first-order valence-electron chi connectivity index (χ1n) is 5.86. The Morgan fingerprint density at radius 3 is 2.87 bits per heavy atom. The van der Waals surface area contributed by atoms with Gasteiger partial charge in [0.15, 0.2) is 0 Å². The Labute approximate surface area is 97.7 Å². The van der Waals surface area contributed by atoms with Crippen LogP contribution in [-0.2, 0) is 12.4 Å². The second-order valence-electron chi connectivity index (χ2n) is 4.09. The number of aromatic nitrogens is 2. The fraction of sp³-hybridized carbons (Fsp3) is 0.750. The third-order valence-electron chi connectivity index (χ3n) is 2.93. The molecule has 1 rings (SSSR count). The van der Waals surface area contributed by atoms with E-state index in [0.717, 1.165) is 18.2 Å². The molecule has 1 aromatic heterocycles. The van der Waals surface area contributed by atoms with Crippen molar-refractivity contribution in [1.29, 1.82) is 0 Å². The van der Waals surface area contributed by atoms with E-state index in [0.29, 0.717) is 5.88 Å². The van der Waals surface area contributed by atoms with Crippen molar-refractivity contribution in [3.05, 3.63) is 18.2 Å². The minimum absolute atomic E-state index is 0.560. The van der Waals surface area contributed by atoms with Crippen molar-refractivity contribution in [2.45, 2.75) is 52.0 Å². The molecule has 0 saturated carbocycles. The van der Waals surface area contributed by atoms with Gasteiger partial charge in [0, 0.05) is 12.7 Å². The number of rotatable bonds is 7. The maximum absolute atomic E-state index is 5.84. The summed E-state index contributed by atoms with van der Waals surface area (Å²) in [6, 6.07) is 0. The third-order valence-corrected chi connectivity index (χ3v) is 3.21. The fourth-order valence-electron chi connectivity index (χ4n) is 1.82. The highest BCUT2D eigenvalue weighted by Gasteiger charge is 2.08. The normalized spacial score (nSPS) is 13.0. The van der Waals surface area contributed by atoms with E-state index in [4.69, 9.17) is 11.6 Å². The number of hydrogen-bond donors (Lipinski definition) is 0. The monoisotopic (exact) mass is 228 g/mol. The van der Waals surface area contributed by atoms with Gasteiger partial charge in [-0.15, -0.1) is 11.6 Å². The predicted octanol–water partition coefficient (Wildman–Crippen LogP) is 3.84. The number of imidazole rings is 1. The Kier molecular flexibility index (Phi) is 5.77. The second kappa shape index (κ2) is 6.89. The molecule has 0 aliphatic carbocycles. The van der Waals surface area contributed by atoms with Gasteiger partial charge in [-0.2, -0.15) is 0 Å². The molecule has 0 bridgehead atoms. The van der Waals surface area contributed by atoms with E-state index in [-0.39, 0.29) is 0 Å². The molecule has 0 aliphatic rings. The summed E-state index contributed by atoms with van der Waals surface area (Å²) in [6.07, 6.45) is 8.91. The summed E-state index contributed by atoms with van der Waals surface area (Å²) in [5.41, 5.74) is 1.13. The lowest BCUT2D eigenvalue weighted by atomic mass is 9.99. The van der Waals surface area contributed by atoms with Gasteiger partial charge in [-0.25, -0.2) is 4.98 Å². The van der Waals surface area contributed by atoms with Crippen LogP contribution in [0.4, 0.5) is 0 Å². The van der Waals surface area contributed by atoms with Gasteiger partial charge in [0.25, 0.3) is 0 Å². The van der Waals surface area contributed by atoms with Crippen LogP contribution in [0.3, 0.4) is 0 Å². The van der Waals surface area contributed by atoms with Crippen LogP contribution in [0, 0.1) is 5.92 Å². The van der Waals surface area contributed by atoms with Crippen LogP contribution in [0.15, 0.2) is 12.5 Å². The number of hydrogen-bond acceptors (Lipinski definition) is 1. The molecule has 1 heterocycles. The van der Waals surface area contributed by atoms with Gasteiger partial charge in [-0.3, -0.25) is 0 Å². The van der Waals surface area contributed by atoms with Crippen molar-refractivity contribution >= 4 is 11.6 Å². The Bertz CT molecular complexity index is 270. The molecule has 0 N–H and O–H groups in total. The second-order valence-corrected chi connectivity index (χ2v) is 4.35. The largest absolute Gasteiger partial charge is 0.333 e. The quantitative estimate of drug-likeness (QED) is 0.649. The third kappa shape index (κ3) is 3.86. The van der Waals surface area contributed by atoms with E-state index in [1.807, 2.05) is 12.5 Å². The standard InChI is InChI=1S/C12H21ClN2/c1-3-5-6-11(4-2)9-15-10-14-8-12(15)7-13/h8,10-11H,3-7,9H2,1-2H3. The van der Waals surface area contributed by atoms with E-state index in [2.05, 4.69) is 23.4 Å². The SMILES string of the molecule is CCCCC(CC)Cn1cncc1CCl. The predicted molar refractivity (Wildman–Crippen MR) is 65.1 cm³/mol. The molecular formula is C12H21ClN2. The summed E-state index contributed by atoms with van der Waals surface area (Å²) < 4.78 is 2.19. The summed E-state index contributed by atoms with van der Waals surface area (Å²) in [4.78, 5) is 4.14. The summed E-state index contributed by atoms with van der Waals surface area (Å²) in [5, 5.41) is 0. The summed E-state index contributed by atoms with van der Waals surface area (Å²) >= 11 is 5.84. The maximum atomic E-state index is 5.84. The van der Waals surface area contributed by atoms with Crippen LogP contribution >= 0.6 is 11.6 Å². The average Bonchev–Trinajstić information content (AvgIpc) is 2.71. The molecule has 3 heteroatoms. The van der Waals surface area contributed by atoms with Crippen molar-refractivity contribution in [3.63, 3.8) is 0 Å². The number of alkyl halides is 1. The first kappa shape index (κ1) is 12.6. The molecule has 15 heavy (non-hydrogen) atoms. The molecule has 0 aromatic carbocycles. The zero-order valence-corrected chi connectivity index (χ0v) is 10.5. The van der Waals surface area contributed by atoms with Gasteiger partial charge >= 0.3 is 0 Å². The van der Waals surface area contributed by atoms with Gasteiger partial charge in [-0.05, 0) is 12.3 Å². The van der Waals surface area contributed by atoms with E-state index in [9.17, 15) is 0 Å². The minimum atomic E-state index is 0.560. The smallest absolute Gasteiger partial charge is 0.0948 e.